The zero-order chi connectivity index (χ0) is 9.84. The second kappa shape index (κ2) is 4.63. The quantitative estimate of drug-likeness (QED) is 0.517. The number of halogens is 2. The van der Waals surface area contributed by atoms with Crippen molar-refractivity contribution in [2.24, 2.45) is 0 Å². The number of rotatable bonds is 3. The van der Waals surface area contributed by atoms with Crippen molar-refractivity contribution in [3.63, 3.8) is 0 Å². The lowest BCUT2D eigenvalue weighted by Gasteiger charge is -2.04. The van der Waals surface area contributed by atoms with Crippen LogP contribution in [0.25, 0.3) is 0 Å². The van der Waals surface area contributed by atoms with Crippen molar-refractivity contribution in [1.29, 1.82) is 0 Å². The van der Waals surface area contributed by atoms with Crippen LogP contribution in [0.5, 0.6) is 0 Å². The fraction of sp³-hybridized carbons (Fsp3) is 0.222. The highest BCUT2D eigenvalue weighted by Crippen LogP contribution is 2.23. The number of para-hydroxylation sites is 1. The van der Waals surface area contributed by atoms with Gasteiger partial charge in [0.2, 0.25) is 0 Å². The summed E-state index contributed by atoms with van der Waals surface area (Å²) in [6, 6.07) is 5.08. The number of benzene rings is 1. The van der Waals surface area contributed by atoms with Gasteiger partial charge >= 0.3 is 0 Å². The van der Waals surface area contributed by atoms with Gasteiger partial charge in [0.15, 0.2) is 5.78 Å². The second-order valence-electron chi connectivity index (χ2n) is 2.56. The zero-order valence-corrected chi connectivity index (χ0v) is 9.23. The largest absolute Gasteiger partial charge is 0.397 e. The van der Waals surface area contributed by atoms with Gasteiger partial charge in [-0.1, -0.05) is 33.6 Å². The molecule has 0 saturated heterocycles. The Labute approximate surface area is 90.2 Å². The Kier molecular flexibility index (Phi) is 3.75. The second-order valence-corrected chi connectivity index (χ2v) is 3.76. The number of hydrogen-bond donors (Lipinski definition) is 1. The SMILES string of the molecule is Nc1c(Cl)cccc1C(=O)CCBr. The summed E-state index contributed by atoms with van der Waals surface area (Å²) >= 11 is 8.96. The summed E-state index contributed by atoms with van der Waals surface area (Å²) in [5.74, 6) is 0.0110. The van der Waals surface area contributed by atoms with E-state index in [1.54, 1.807) is 18.2 Å². The molecule has 0 heterocycles. The smallest absolute Gasteiger partial charge is 0.165 e. The molecule has 0 aliphatic carbocycles. The lowest BCUT2D eigenvalue weighted by atomic mass is 10.1. The van der Waals surface area contributed by atoms with Crippen molar-refractivity contribution in [3.05, 3.63) is 28.8 Å². The minimum atomic E-state index is 0.0110. The van der Waals surface area contributed by atoms with Gasteiger partial charge in [0.25, 0.3) is 0 Å². The van der Waals surface area contributed by atoms with E-state index < -0.39 is 0 Å². The molecule has 0 saturated carbocycles. The van der Waals surface area contributed by atoms with Gasteiger partial charge in [0.05, 0.1) is 10.7 Å². The molecule has 4 heteroatoms. The van der Waals surface area contributed by atoms with E-state index in [1.807, 2.05) is 0 Å². The van der Waals surface area contributed by atoms with Gasteiger partial charge in [-0.15, -0.1) is 0 Å². The minimum absolute atomic E-state index is 0.0110. The number of nitrogens with two attached hydrogens (primary N) is 1. The van der Waals surface area contributed by atoms with Crippen LogP contribution in [0.4, 0.5) is 5.69 Å². The Hall–Kier alpha value is -0.540. The van der Waals surface area contributed by atoms with Gasteiger partial charge in [0, 0.05) is 17.3 Å². The molecule has 0 radical (unpaired) electrons. The first-order chi connectivity index (χ1) is 6.16. The lowest BCUT2D eigenvalue weighted by Crippen LogP contribution is -2.04. The van der Waals surface area contributed by atoms with Gasteiger partial charge in [-0.05, 0) is 12.1 Å². The Morgan fingerprint density at radius 1 is 1.54 bits per heavy atom. The number of carbonyl (C=O) groups excluding carboxylic acids is 1. The van der Waals surface area contributed by atoms with Crippen LogP contribution in [-0.4, -0.2) is 11.1 Å². The van der Waals surface area contributed by atoms with Crippen LogP contribution in [0.1, 0.15) is 16.8 Å². The fourth-order valence-corrected chi connectivity index (χ4v) is 1.54. The average molecular weight is 263 g/mol. The van der Waals surface area contributed by atoms with E-state index in [9.17, 15) is 4.79 Å². The van der Waals surface area contributed by atoms with E-state index in [4.69, 9.17) is 17.3 Å². The first-order valence-electron chi connectivity index (χ1n) is 3.80. The predicted octanol–water partition coefficient (Wildman–Crippen LogP) is 2.89. The van der Waals surface area contributed by atoms with Gasteiger partial charge in [-0.25, -0.2) is 0 Å². The summed E-state index contributed by atoms with van der Waals surface area (Å²) in [7, 11) is 0. The highest BCUT2D eigenvalue weighted by atomic mass is 79.9. The zero-order valence-electron chi connectivity index (χ0n) is 6.89. The maximum Gasteiger partial charge on any atom is 0.165 e. The van der Waals surface area contributed by atoms with E-state index in [1.165, 1.54) is 0 Å². The van der Waals surface area contributed by atoms with Gasteiger partial charge in [0.1, 0.15) is 0 Å². The van der Waals surface area contributed by atoms with Crippen molar-refractivity contribution >= 4 is 39.0 Å². The van der Waals surface area contributed by atoms with Crippen molar-refractivity contribution in [2.75, 3.05) is 11.1 Å². The molecule has 70 valence electrons. The molecule has 0 bridgehead atoms. The molecule has 0 aliphatic heterocycles. The lowest BCUT2D eigenvalue weighted by molar-refractivity contribution is 0.0990. The molecule has 2 nitrogen and oxygen atoms in total. The van der Waals surface area contributed by atoms with E-state index in [0.29, 0.717) is 28.0 Å². The molecule has 1 aromatic carbocycles. The van der Waals surface area contributed by atoms with Gasteiger partial charge in [-0.3, -0.25) is 4.79 Å². The number of anilines is 1. The highest BCUT2D eigenvalue weighted by Gasteiger charge is 2.10. The molecule has 0 amide bonds. The van der Waals surface area contributed by atoms with Crippen LogP contribution in [0.3, 0.4) is 0 Å². The first kappa shape index (κ1) is 10.5. The number of ketones is 1. The topological polar surface area (TPSA) is 43.1 Å². The third-order valence-corrected chi connectivity index (χ3v) is 2.40. The van der Waals surface area contributed by atoms with Gasteiger partial charge in [-0.2, -0.15) is 0 Å². The summed E-state index contributed by atoms with van der Waals surface area (Å²) in [6.45, 7) is 0. The normalized spacial score (nSPS) is 10.0. The molecule has 0 aliphatic rings. The van der Waals surface area contributed by atoms with Crippen LogP contribution in [-0.2, 0) is 0 Å². The molecular formula is C9H9BrClNO. The molecule has 2 N–H and O–H groups in total. The van der Waals surface area contributed by atoms with Crippen molar-refractivity contribution in [2.45, 2.75) is 6.42 Å². The Bertz CT molecular complexity index is 327. The molecule has 1 rings (SSSR count). The molecular weight excluding hydrogens is 253 g/mol. The molecule has 0 fully saturated rings. The van der Waals surface area contributed by atoms with Crippen molar-refractivity contribution < 1.29 is 4.79 Å². The highest BCUT2D eigenvalue weighted by molar-refractivity contribution is 9.09. The number of nitrogen functional groups attached to an aromatic ring is 1. The number of hydrogen-bond acceptors (Lipinski definition) is 2. The molecule has 1 aromatic rings. The minimum Gasteiger partial charge on any atom is -0.397 e. The molecule has 13 heavy (non-hydrogen) atoms. The van der Waals surface area contributed by atoms with Crippen molar-refractivity contribution in [1.82, 2.24) is 0 Å². The summed E-state index contributed by atoms with van der Waals surface area (Å²) < 4.78 is 0. The van der Waals surface area contributed by atoms with Crippen LogP contribution in [0.15, 0.2) is 18.2 Å². The van der Waals surface area contributed by atoms with E-state index in [-0.39, 0.29) is 5.78 Å². The summed E-state index contributed by atoms with van der Waals surface area (Å²) in [5.41, 5.74) is 6.52. The Balaban J connectivity index is 3.01. The molecule has 0 atom stereocenters. The van der Waals surface area contributed by atoms with E-state index in [2.05, 4.69) is 15.9 Å². The summed E-state index contributed by atoms with van der Waals surface area (Å²) in [6.07, 6.45) is 0.435. The van der Waals surface area contributed by atoms with Crippen LogP contribution >= 0.6 is 27.5 Å². The summed E-state index contributed by atoms with van der Waals surface area (Å²) in [4.78, 5) is 11.4. The number of Topliss-reactive ketones (excluding diaryl/α,β-unsaturated/α-hetero) is 1. The molecule has 0 unspecified atom stereocenters. The number of alkyl halides is 1. The van der Waals surface area contributed by atoms with Crippen molar-refractivity contribution in [3.8, 4) is 0 Å². The Morgan fingerprint density at radius 2 is 2.23 bits per heavy atom. The predicted molar refractivity (Wildman–Crippen MR) is 58.6 cm³/mol. The number of carbonyl (C=O) groups is 1. The third-order valence-electron chi connectivity index (χ3n) is 1.67. The Morgan fingerprint density at radius 3 is 2.85 bits per heavy atom. The molecule has 0 spiro atoms. The third kappa shape index (κ3) is 2.45. The van der Waals surface area contributed by atoms with Gasteiger partial charge < -0.3 is 5.73 Å². The first-order valence-corrected chi connectivity index (χ1v) is 5.30. The standard InChI is InChI=1S/C9H9BrClNO/c10-5-4-8(13)6-2-1-3-7(11)9(6)12/h1-3H,4-5,12H2. The maximum absolute atomic E-state index is 11.4. The maximum atomic E-state index is 11.4. The fourth-order valence-electron chi connectivity index (χ4n) is 1.00. The van der Waals surface area contributed by atoms with Crippen LogP contribution in [0, 0.1) is 0 Å². The monoisotopic (exact) mass is 261 g/mol. The molecule has 0 aromatic heterocycles. The van der Waals surface area contributed by atoms with E-state index >= 15 is 0 Å². The summed E-state index contributed by atoms with van der Waals surface area (Å²) in [5, 5.41) is 1.07. The van der Waals surface area contributed by atoms with Crippen LogP contribution < -0.4 is 5.73 Å². The average Bonchev–Trinajstić information content (AvgIpc) is 2.10. The van der Waals surface area contributed by atoms with Crippen LogP contribution in [0.2, 0.25) is 5.02 Å². The van der Waals surface area contributed by atoms with E-state index in [0.717, 1.165) is 0 Å².